The molecule has 0 unspecified atom stereocenters. The Labute approximate surface area is 189 Å². The van der Waals surface area contributed by atoms with Crippen LogP contribution in [0.3, 0.4) is 0 Å². The van der Waals surface area contributed by atoms with Crippen LogP contribution in [0.1, 0.15) is 14.5 Å². The number of carbonyl (C=O) groups is 1. The summed E-state index contributed by atoms with van der Waals surface area (Å²) in [5.74, 6) is -0.291. The number of esters is 1. The Kier molecular flexibility index (Phi) is 5.92. The second kappa shape index (κ2) is 8.47. The first-order valence-electron chi connectivity index (χ1n) is 9.63. The third-order valence-electron chi connectivity index (χ3n) is 5.38. The van der Waals surface area contributed by atoms with Crippen molar-refractivity contribution in [1.82, 2.24) is 0 Å². The molecule has 4 aromatic rings. The van der Waals surface area contributed by atoms with Gasteiger partial charge >= 0.3 is 190 Å². The molecule has 0 radical (unpaired) electrons. The average Bonchev–Trinajstić information content (AvgIpc) is 3.28. The van der Waals surface area contributed by atoms with Crippen molar-refractivity contribution in [3.63, 3.8) is 0 Å². The number of thiophene rings is 1. The van der Waals surface area contributed by atoms with Crippen LogP contribution in [0, 0.1) is 0 Å². The minimum absolute atomic E-state index is 0.291. The molecule has 152 valence electrons. The van der Waals surface area contributed by atoms with Gasteiger partial charge in [-0.15, -0.1) is 0 Å². The molecule has 0 saturated heterocycles. The van der Waals surface area contributed by atoms with Crippen molar-refractivity contribution in [3.05, 3.63) is 113 Å². The number of benzene rings is 3. The van der Waals surface area contributed by atoms with Gasteiger partial charge in [0, 0.05) is 0 Å². The SMILES string of the molecule is COC(=O)c1ccc(CP(Br)(c2ccccc2)(c2ccccc2)c2ccccc2)s1. The molecule has 4 rings (SSSR count). The molecule has 0 spiro atoms. The van der Waals surface area contributed by atoms with Gasteiger partial charge in [0.25, 0.3) is 0 Å². The Hall–Kier alpha value is -2.26. The summed E-state index contributed by atoms with van der Waals surface area (Å²) >= 11 is 5.94. The summed E-state index contributed by atoms with van der Waals surface area (Å²) in [6.45, 7) is 0. The van der Waals surface area contributed by atoms with Gasteiger partial charge in [-0.2, -0.15) is 0 Å². The van der Waals surface area contributed by atoms with Crippen LogP contribution in [-0.4, -0.2) is 13.1 Å². The van der Waals surface area contributed by atoms with E-state index in [9.17, 15) is 4.79 Å². The van der Waals surface area contributed by atoms with Gasteiger partial charge in [0.05, 0.1) is 0 Å². The van der Waals surface area contributed by atoms with Crippen molar-refractivity contribution in [3.8, 4) is 0 Å². The number of hydrogen-bond donors (Lipinski definition) is 0. The van der Waals surface area contributed by atoms with Crippen molar-refractivity contribution >= 4 is 54.0 Å². The summed E-state index contributed by atoms with van der Waals surface area (Å²) in [4.78, 5) is 13.8. The first kappa shape index (κ1) is 21.0. The number of rotatable bonds is 6. The molecule has 0 atom stereocenters. The molecule has 0 amide bonds. The Balaban J connectivity index is 2.01. The van der Waals surface area contributed by atoms with Crippen molar-refractivity contribution in [2.24, 2.45) is 0 Å². The van der Waals surface area contributed by atoms with Crippen LogP contribution < -0.4 is 15.9 Å². The molecule has 0 N–H and O–H groups in total. The van der Waals surface area contributed by atoms with E-state index in [1.54, 1.807) is 0 Å². The van der Waals surface area contributed by atoms with Crippen LogP contribution in [0.4, 0.5) is 0 Å². The standard InChI is InChI=1S/C25H22BrO2PS/c1-28-25(27)24-18-17-23(30-24)19-29(26,20-11-5-2-6-12-20,21-13-7-3-8-14-21)22-15-9-4-10-16-22/h2-18H,19H2,1H3. The summed E-state index contributed by atoms with van der Waals surface area (Å²) in [5, 5.41) is 0.732. The Bertz CT molecular complexity index is 1040. The monoisotopic (exact) mass is 496 g/mol. The molecule has 3 aromatic carbocycles. The maximum absolute atomic E-state index is 12.1. The number of hydrogen-bond acceptors (Lipinski definition) is 3. The second-order valence-corrected chi connectivity index (χ2v) is 17.2. The molecular weight excluding hydrogens is 475 g/mol. The van der Waals surface area contributed by atoms with E-state index in [-0.39, 0.29) is 5.97 Å². The second-order valence-electron chi connectivity index (χ2n) is 7.11. The molecule has 5 heteroatoms. The molecule has 30 heavy (non-hydrogen) atoms. The van der Waals surface area contributed by atoms with Gasteiger partial charge in [-0.3, -0.25) is 0 Å². The normalized spacial score (nSPS) is 12.7. The molecule has 1 heterocycles. The zero-order valence-corrected chi connectivity index (χ0v) is 19.9. The molecule has 0 aliphatic rings. The van der Waals surface area contributed by atoms with Gasteiger partial charge < -0.3 is 0 Å². The molecule has 0 fully saturated rings. The minimum atomic E-state index is -3.04. The van der Waals surface area contributed by atoms with Crippen LogP contribution in [0.2, 0.25) is 0 Å². The number of ether oxygens (including phenoxy) is 1. The molecule has 0 aliphatic carbocycles. The fourth-order valence-electron chi connectivity index (χ4n) is 3.90. The molecule has 1 aromatic heterocycles. The van der Waals surface area contributed by atoms with Gasteiger partial charge in [-0.25, -0.2) is 0 Å². The third kappa shape index (κ3) is 3.54. The van der Waals surface area contributed by atoms with Gasteiger partial charge in [-0.05, 0) is 0 Å². The summed E-state index contributed by atoms with van der Waals surface area (Å²) in [6.07, 6.45) is 0.769. The van der Waals surface area contributed by atoms with E-state index in [1.807, 2.05) is 24.3 Å². The van der Waals surface area contributed by atoms with Gasteiger partial charge in [0.1, 0.15) is 0 Å². The average molecular weight is 497 g/mol. The first-order chi connectivity index (χ1) is 14.6. The summed E-state index contributed by atoms with van der Waals surface area (Å²) in [6, 6.07) is 35.9. The summed E-state index contributed by atoms with van der Waals surface area (Å²) in [7, 11) is 1.42. The zero-order chi connectivity index (χ0) is 21.1. The van der Waals surface area contributed by atoms with Crippen molar-refractivity contribution < 1.29 is 9.53 Å². The van der Waals surface area contributed by atoms with E-state index in [2.05, 4.69) is 94.4 Å². The molecule has 0 bridgehead atoms. The van der Waals surface area contributed by atoms with Crippen LogP contribution in [0.5, 0.6) is 0 Å². The topological polar surface area (TPSA) is 26.3 Å². The van der Waals surface area contributed by atoms with Crippen molar-refractivity contribution in [2.75, 3.05) is 7.11 Å². The number of carbonyl (C=O) groups excluding carboxylic acids is 1. The first-order valence-corrected chi connectivity index (χ1v) is 14.9. The van der Waals surface area contributed by atoms with Crippen LogP contribution in [-0.2, 0) is 10.9 Å². The van der Waals surface area contributed by atoms with Crippen molar-refractivity contribution in [1.29, 1.82) is 0 Å². The zero-order valence-electron chi connectivity index (χ0n) is 16.6. The van der Waals surface area contributed by atoms with E-state index in [0.717, 1.165) is 11.0 Å². The quantitative estimate of drug-likeness (QED) is 0.246. The van der Waals surface area contributed by atoms with E-state index >= 15 is 0 Å². The van der Waals surface area contributed by atoms with Gasteiger partial charge in [0.2, 0.25) is 0 Å². The Morgan fingerprint density at radius 3 is 1.60 bits per heavy atom. The summed E-state index contributed by atoms with van der Waals surface area (Å²) in [5.41, 5.74) is 0. The van der Waals surface area contributed by atoms with Crippen LogP contribution >= 0.6 is 32.1 Å². The van der Waals surface area contributed by atoms with E-state index < -0.39 is 5.31 Å². The fraction of sp³-hybridized carbons (Fsp3) is 0.0800. The van der Waals surface area contributed by atoms with Gasteiger partial charge in [0.15, 0.2) is 0 Å². The number of halogens is 1. The molecule has 2 nitrogen and oxygen atoms in total. The van der Waals surface area contributed by atoms with Crippen molar-refractivity contribution in [2.45, 2.75) is 6.16 Å². The Morgan fingerprint density at radius 1 is 0.767 bits per heavy atom. The Morgan fingerprint density at radius 2 is 1.20 bits per heavy atom. The van der Waals surface area contributed by atoms with E-state index in [1.165, 1.54) is 34.4 Å². The predicted octanol–water partition coefficient (Wildman–Crippen LogP) is 5.87. The molecule has 0 aliphatic heterocycles. The van der Waals surface area contributed by atoms with E-state index in [0.29, 0.717) is 4.88 Å². The molecular formula is C25H22BrO2PS. The van der Waals surface area contributed by atoms with Crippen LogP contribution in [0.25, 0.3) is 0 Å². The maximum atomic E-state index is 12.1. The summed E-state index contributed by atoms with van der Waals surface area (Å²) < 4.78 is 4.93. The third-order valence-corrected chi connectivity index (χ3v) is 16.2. The van der Waals surface area contributed by atoms with E-state index in [4.69, 9.17) is 4.74 Å². The van der Waals surface area contributed by atoms with Crippen LogP contribution in [0.15, 0.2) is 103 Å². The molecule has 0 saturated carbocycles. The fourth-order valence-corrected chi connectivity index (χ4v) is 13.6. The predicted molar refractivity (Wildman–Crippen MR) is 133 cm³/mol. The van der Waals surface area contributed by atoms with Gasteiger partial charge in [-0.1, -0.05) is 0 Å². The number of methoxy groups -OCH3 is 1.